The van der Waals surface area contributed by atoms with Crippen LogP contribution in [0.25, 0.3) is 0 Å². The van der Waals surface area contributed by atoms with E-state index in [0.29, 0.717) is 12.5 Å². The largest absolute Gasteiger partial charge is 0.480 e. The summed E-state index contributed by atoms with van der Waals surface area (Å²) in [5, 5.41) is 19.7. The molecule has 19 heavy (non-hydrogen) atoms. The van der Waals surface area contributed by atoms with Crippen LogP contribution < -0.4 is 5.32 Å². The molecule has 7 heteroatoms. The van der Waals surface area contributed by atoms with E-state index in [1.807, 2.05) is 0 Å². The summed E-state index contributed by atoms with van der Waals surface area (Å²) in [5.41, 5.74) is 0. The van der Waals surface area contributed by atoms with Gasteiger partial charge >= 0.3 is 18.0 Å². The van der Waals surface area contributed by atoms with Crippen LogP contribution in [0.5, 0.6) is 0 Å². The molecular formula is C12H22N2O5. The van der Waals surface area contributed by atoms with Crippen LogP contribution in [0.1, 0.15) is 33.1 Å². The smallest absolute Gasteiger partial charge is 0.323 e. The summed E-state index contributed by atoms with van der Waals surface area (Å²) in [6.45, 7) is 3.40. The molecule has 0 aromatic heterocycles. The monoisotopic (exact) mass is 274 g/mol. The molecule has 0 aromatic carbocycles. The van der Waals surface area contributed by atoms with E-state index >= 15 is 0 Å². The SMILES string of the molecule is CC(C)CCCCNC(=O)N(CC(=O)O)CC(=O)O. The van der Waals surface area contributed by atoms with Crippen molar-refractivity contribution in [3.63, 3.8) is 0 Å². The van der Waals surface area contributed by atoms with Crippen LogP contribution in [0, 0.1) is 5.92 Å². The van der Waals surface area contributed by atoms with Crippen LogP contribution in [0.3, 0.4) is 0 Å². The summed E-state index contributed by atoms with van der Waals surface area (Å²) < 4.78 is 0. The van der Waals surface area contributed by atoms with Gasteiger partial charge in [-0.05, 0) is 12.3 Å². The second-order valence-electron chi connectivity index (χ2n) is 4.77. The molecule has 0 rings (SSSR count). The highest BCUT2D eigenvalue weighted by atomic mass is 16.4. The zero-order chi connectivity index (χ0) is 14.8. The van der Waals surface area contributed by atoms with Gasteiger partial charge in [-0.1, -0.05) is 26.7 Å². The van der Waals surface area contributed by atoms with Gasteiger partial charge in [0.2, 0.25) is 0 Å². The van der Waals surface area contributed by atoms with Crippen LogP contribution in [0.15, 0.2) is 0 Å². The van der Waals surface area contributed by atoms with Crippen molar-refractivity contribution in [1.29, 1.82) is 0 Å². The van der Waals surface area contributed by atoms with Crippen molar-refractivity contribution in [2.45, 2.75) is 33.1 Å². The predicted octanol–water partition coefficient (Wildman–Crippen LogP) is 0.993. The Kier molecular flexibility index (Phi) is 8.32. The van der Waals surface area contributed by atoms with Gasteiger partial charge in [0.05, 0.1) is 0 Å². The summed E-state index contributed by atoms with van der Waals surface area (Å²) in [4.78, 5) is 33.4. The van der Waals surface area contributed by atoms with Gasteiger partial charge in [-0.3, -0.25) is 9.59 Å². The number of carboxylic acids is 2. The highest BCUT2D eigenvalue weighted by Crippen LogP contribution is 2.05. The van der Waals surface area contributed by atoms with Crippen LogP contribution in [0.2, 0.25) is 0 Å². The summed E-state index contributed by atoms with van der Waals surface area (Å²) in [5.74, 6) is -1.88. The minimum Gasteiger partial charge on any atom is -0.480 e. The van der Waals surface area contributed by atoms with Gasteiger partial charge in [-0.2, -0.15) is 0 Å². The molecule has 0 bridgehead atoms. The van der Waals surface area contributed by atoms with E-state index < -0.39 is 31.1 Å². The van der Waals surface area contributed by atoms with Gasteiger partial charge in [0, 0.05) is 6.54 Å². The Hall–Kier alpha value is -1.79. The summed E-state index contributed by atoms with van der Waals surface area (Å²) in [6, 6.07) is -0.658. The summed E-state index contributed by atoms with van der Waals surface area (Å²) in [6.07, 6.45) is 2.82. The molecule has 3 N–H and O–H groups in total. The van der Waals surface area contributed by atoms with Crippen molar-refractivity contribution in [3.05, 3.63) is 0 Å². The molecule has 110 valence electrons. The van der Waals surface area contributed by atoms with Gasteiger partial charge in [0.25, 0.3) is 0 Å². The number of nitrogens with one attached hydrogen (secondary N) is 1. The van der Waals surface area contributed by atoms with Crippen LogP contribution in [0.4, 0.5) is 4.79 Å². The molecule has 0 fully saturated rings. The zero-order valence-corrected chi connectivity index (χ0v) is 11.4. The third kappa shape index (κ3) is 9.87. The lowest BCUT2D eigenvalue weighted by atomic mass is 10.1. The lowest BCUT2D eigenvalue weighted by Gasteiger charge is -2.19. The topological polar surface area (TPSA) is 107 Å². The van der Waals surface area contributed by atoms with Crippen molar-refractivity contribution in [3.8, 4) is 0 Å². The van der Waals surface area contributed by atoms with E-state index in [-0.39, 0.29) is 0 Å². The van der Waals surface area contributed by atoms with Gasteiger partial charge < -0.3 is 20.4 Å². The number of unbranched alkanes of at least 4 members (excludes halogenated alkanes) is 1. The lowest BCUT2D eigenvalue weighted by Crippen LogP contribution is -2.45. The fourth-order valence-corrected chi connectivity index (χ4v) is 1.51. The molecule has 0 aliphatic carbocycles. The highest BCUT2D eigenvalue weighted by Gasteiger charge is 2.18. The minimum atomic E-state index is -1.24. The van der Waals surface area contributed by atoms with E-state index in [2.05, 4.69) is 19.2 Å². The molecule has 0 heterocycles. The second kappa shape index (κ2) is 9.18. The molecule has 0 saturated carbocycles. The molecule has 0 spiro atoms. The normalized spacial score (nSPS) is 10.3. The van der Waals surface area contributed by atoms with E-state index in [9.17, 15) is 14.4 Å². The van der Waals surface area contributed by atoms with Crippen molar-refractivity contribution in [2.24, 2.45) is 5.92 Å². The number of urea groups is 1. The number of rotatable bonds is 9. The molecule has 0 aliphatic rings. The standard InChI is InChI=1S/C12H22N2O5/c1-9(2)5-3-4-6-13-12(19)14(7-10(15)16)8-11(17)18/h9H,3-8H2,1-2H3,(H,13,19)(H,15,16)(H,17,18). The van der Waals surface area contributed by atoms with Gasteiger partial charge in [0.1, 0.15) is 13.1 Å². The van der Waals surface area contributed by atoms with Crippen molar-refractivity contribution >= 4 is 18.0 Å². The molecule has 0 atom stereocenters. The maximum Gasteiger partial charge on any atom is 0.323 e. The molecule has 0 unspecified atom stereocenters. The average Bonchev–Trinajstić information content (AvgIpc) is 2.25. The number of carboxylic acid groups (broad SMARTS) is 2. The third-order valence-electron chi connectivity index (χ3n) is 2.42. The number of nitrogens with zero attached hydrogens (tertiary/aromatic N) is 1. The van der Waals surface area contributed by atoms with Gasteiger partial charge in [-0.15, -0.1) is 0 Å². The fraction of sp³-hybridized carbons (Fsp3) is 0.750. The molecular weight excluding hydrogens is 252 g/mol. The Labute approximate surface area is 112 Å². The predicted molar refractivity (Wildman–Crippen MR) is 68.9 cm³/mol. The van der Waals surface area contributed by atoms with Crippen molar-refractivity contribution in [1.82, 2.24) is 10.2 Å². The molecule has 0 saturated heterocycles. The van der Waals surface area contributed by atoms with E-state index in [1.54, 1.807) is 0 Å². The quantitative estimate of drug-likeness (QED) is 0.544. The Bertz CT molecular complexity index is 301. The summed E-state index contributed by atoms with van der Waals surface area (Å²) >= 11 is 0. The molecule has 0 aromatic rings. The maximum atomic E-state index is 11.6. The average molecular weight is 274 g/mol. The second-order valence-corrected chi connectivity index (χ2v) is 4.77. The lowest BCUT2D eigenvalue weighted by molar-refractivity contribution is -0.140. The number of hydrogen-bond acceptors (Lipinski definition) is 3. The first-order chi connectivity index (χ1) is 8.82. The minimum absolute atomic E-state index is 0.418. The number of carbonyl (C=O) groups excluding carboxylic acids is 1. The summed E-state index contributed by atoms with van der Waals surface area (Å²) in [7, 11) is 0. The first kappa shape index (κ1) is 17.2. The Morgan fingerprint density at radius 3 is 2.00 bits per heavy atom. The molecule has 2 amide bonds. The van der Waals surface area contributed by atoms with E-state index in [0.717, 1.165) is 24.2 Å². The number of amides is 2. The fourth-order valence-electron chi connectivity index (χ4n) is 1.51. The first-order valence-corrected chi connectivity index (χ1v) is 6.29. The number of hydrogen-bond donors (Lipinski definition) is 3. The van der Waals surface area contributed by atoms with E-state index in [1.165, 1.54) is 0 Å². The molecule has 7 nitrogen and oxygen atoms in total. The van der Waals surface area contributed by atoms with Gasteiger partial charge in [-0.25, -0.2) is 4.79 Å². The van der Waals surface area contributed by atoms with Crippen molar-refractivity contribution < 1.29 is 24.6 Å². The van der Waals surface area contributed by atoms with Gasteiger partial charge in [0.15, 0.2) is 0 Å². The van der Waals surface area contributed by atoms with Crippen molar-refractivity contribution in [2.75, 3.05) is 19.6 Å². The Morgan fingerprint density at radius 1 is 1.05 bits per heavy atom. The molecule has 0 aliphatic heterocycles. The van der Waals surface area contributed by atoms with Crippen LogP contribution >= 0.6 is 0 Å². The van der Waals surface area contributed by atoms with Crippen LogP contribution in [-0.2, 0) is 9.59 Å². The highest BCUT2D eigenvalue weighted by molar-refractivity contribution is 5.84. The van der Waals surface area contributed by atoms with Crippen LogP contribution in [-0.4, -0.2) is 52.7 Å². The molecule has 0 radical (unpaired) electrons. The third-order valence-corrected chi connectivity index (χ3v) is 2.42. The Balaban J connectivity index is 4.03. The first-order valence-electron chi connectivity index (χ1n) is 6.29. The van der Waals surface area contributed by atoms with E-state index in [4.69, 9.17) is 10.2 Å². The maximum absolute atomic E-state index is 11.6. The number of carbonyl (C=O) groups is 3. The zero-order valence-electron chi connectivity index (χ0n) is 11.4. The Morgan fingerprint density at radius 2 is 1.58 bits per heavy atom. The number of aliphatic carboxylic acids is 2.